The minimum absolute atomic E-state index is 0.218. The SMILES string of the molecule is CC(C)(C)c1ccc(SCCn2cc(N)cn2)cc1. The standard InChI is InChI=1S/C15H21N3S/c1-15(2,3)12-4-6-14(7-5-12)19-9-8-18-11-13(16)10-17-18/h4-7,10-11H,8-9,16H2,1-3H3. The van der Waals surface area contributed by atoms with Gasteiger partial charge in [-0.25, -0.2) is 0 Å². The Morgan fingerprint density at radius 3 is 2.42 bits per heavy atom. The van der Waals surface area contributed by atoms with E-state index in [1.807, 2.05) is 22.6 Å². The fraction of sp³-hybridized carbons (Fsp3) is 0.400. The maximum atomic E-state index is 5.63. The zero-order chi connectivity index (χ0) is 13.9. The van der Waals surface area contributed by atoms with Crippen molar-refractivity contribution < 1.29 is 0 Å². The third-order valence-electron chi connectivity index (χ3n) is 2.96. The van der Waals surface area contributed by atoms with E-state index in [4.69, 9.17) is 5.73 Å². The van der Waals surface area contributed by atoms with Crippen molar-refractivity contribution in [2.45, 2.75) is 37.6 Å². The molecule has 0 fully saturated rings. The van der Waals surface area contributed by atoms with E-state index >= 15 is 0 Å². The summed E-state index contributed by atoms with van der Waals surface area (Å²) in [5.74, 6) is 0.996. The van der Waals surface area contributed by atoms with Gasteiger partial charge in [0.15, 0.2) is 0 Å². The second-order valence-corrected chi connectivity index (χ2v) is 6.83. The summed E-state index contributed by atoms with van der Waals surface area (Å²) in [7, 11) is 0. The molecule has 1 heterocycles. The van der Waals surface area contributed by atoms with Gasteiger partial charge >= 0.3 is 0 Å². The maximum absolute atomic E-state index is 5.63. The van der Waals surface area contributed by atoms with Gasteiger partial charge in [-0.1, -0.05) is 32.9 Å². The lowest BCUT2D eigenvalue weighted by Crippen LogP contribution is -2.10. The van der Waals surface area contributed by atoms with E-state index in [-0.39, 0.29) is 5.41 Å². The molecule has 4 heteroatoms. The molecule has 0 aliphatic heterocycles. The molecule has 0 aliphatic rings. The second-order valence-electron chi connectivity index (χ2n) is 5.66. The summed E-state index contributed by atoms with van der Waals surface area (Å²) in [5, 5.41) is 4.17. The number of aromatic nitrogens is 2. The number of nitrogens with two attached hydrogens (primary N) is 1. The molecule has 2 rings (SSSR count). The Morgan fingerprint density at radius 1 is 1.21 bits per heavy atom. The normalized spacial score (nSPS) is 11.7. The minimum Gasteiger partial charge on any atom is -0.396 e. The highest BCUT2D eigenvalue weighted by Gasteiger charge is 2.12. The highest BCUT2D eigenvalue weighted by Crippen LogP contribution is 2.25. The van der Waals surface area contributed by atoms with Gasteiger partial charge in [-0.3, -0.25) is 4.68 Å². The molecule has 2 N–H and O–H groups in total. The number of hydrogen-bond acceptors (Lipinski definition) is 3. The molecule has 1 aromatic heterocycles. The number of rotatable bonds is 4. The van der Waals surface area contributed by atoms with E-state index in [2.05, 4.69) is 50.1 Å². The molecule has 2 aromatic rings. The number of thioether (sulfide) groups is 1. The third-order valence-corrected chi connectivity index (χ3v) is 3.95. The van der Waals surface area contributed by atoms with Crippen LogP contribution in [0.5, 0.6) is 0 Å². The van der Waals surface area contributed by atoms with Gasteiger partial charge in [0, 0.05) is 16.8 Å². The summed E-state index contributed by atoms with van der Waals surface area (Å²) in [6, 6.07) is 8.83. The Labute approximate surface area is 119 Å². The van der Waals surface area contributed by atoms with Crippen molar-refractivity contribution in [3.05, 3.63) is 42.2 Å². The average Bonchev–Trinajstić information content (AvgIpc) is 2.75. The number of aryl methyl sites for hydroxylation is 1. The summed E-state index contributed by atoms with van der Waals surface area (Å²) >= 11 is 1.84. The molecule has 0 unspecified atom stereocenters. The largest absolute Gasteiger partial charge is 0.396 e. The first-order valence-corrected chi connectivity index (χ1v) is 7.45. The van der Waals surface area contributed by atoms with Gasteiger partial charge < -0.3 is 5.73 Å². The predicted octanol–water partition coefficient (Wildman–Crippen LogP) is 3.56. The smallest absolute Gasteiger partial charge is 0.0719 e. The number of benzene rings is 1. The van der Waals surface area contributed by atoms with E-state index in [0.717, 1.165) is 18.0 Å². The lowest BCUT2D eigenvalue weighted by molar-refractivity contribution is 0.590. The van der Waals surface area contributed by atoms with Gasteiger partial charge in [0.1, 0.15) is 0 Å². The van der Waals surface area contributed by atoms with E-state index in [1.54, 1.807) is 6.20 Å². The molecule has 0 radical (unpaired) electrons. The van der Waals surface area contributed by atoms with Crippen molar-refractivity contribution in [2.75, 3.05) is 11.5 Å². The van der Waals surface area contributed by atoms with Crippen LogP contribution in [-0.4, -0.2) is 15.5 Å². The number of nitrogen functional groups attached to an aromatic ring is 1. The van der Waals surface area contributed by atoms with Crippen LogP contribution in [0.15, 0.2) is 41.6 Å². The van der Waals surface area contributed by atoms with Gasteiger partial charge in [0.2, 0.25) is 0 Å². The molecule has 0 saturated carbocycles. The first-order chi connectivity index (χ1) is 8.95. The molecule has 19 heavy (non-hydrogen) atoms. The van der Waals surface area contributed by atoms with Crippen LogP contribution in [0.1, 0.15) is 26.3 Å². The second kappa shape index (κ2) is 5.70. The third kappa shape index (κ3) is 4.03. The van der Waals surface area contributed by atoms with E-state index in [0.29, 0.717) is 0 Å². The van der Waals surface area contributed by atoms with Crippen LogP contribution in [-0.2, 0) is 12.0 Å². The Morgan fingerprint density at radius 2 is 1.89 bits per heavy atom. The molecular formula is C15H21N3S. The van der Waals surface area contributed by atoms with Crippen LogP contribution in [0.3, 0.4) is 0 Å². The van der Waals surface area contributed by atoms with Crippen LogP contribution >= 0.6 is 11.8 Å². The average molecular weight is 275 g/mol. The Balaban J connectivity index is 1.86. The van der Waals surface area contributed by atoms with Crippen molar-refractivity contribution in [1.29, 1.82) is 0 Å². The van der Waals surface area contributed by atoms with Crippen LogP contribution in [0.2, 0.25) is 0 Å². The number of hydrogen-bond donors (Lipinski definition) is 1. The van der Waals surface area contributed by atoms with E-state index in [9.17, 15) is 0 Å². The predicted molar refractivity (Wildman–Crippen MR) is 82.5 cm³/mol. The summed E-state index contributed by atoms with van der Waals surface area (Å²) < 4.78 is 1.88. The van der Waals surface area contributed by atoms with Gasteiger partial charge in [-0.15, -0.1) is 11.8 Å². The highest BCUT2D eigenvalue weighted by molar-refractivity contribution is 7.99. The van der Waals surface area contributed by atoms with E-state index in [1.165, 1.54) is 10.5 Å². The highest BCUT2D eigenvalue weighted by atomic mass is 32.2. The Kier molecular flexibility index (Phi) is 4.20. The Bertz CT molecular complexity index is 523. The molecule has 0 bridgehead atoms. The van der Waals surface area contributed by atoms with Crippen molar-refractivity contribution in [2.24, 2.45) is 0 Å². The van der Waals surface area contributed by atoms with Crippen LogP contribution in [0, 0.1) is 0 Å². The lowest BCUT2D eigenvalue weighted by atomic mass is 9.87. The number of anilines is 1. The first kappa shape index (κ1) is 14.0. The van der Waals surface area contributed by atoms with Crippen LogP contribution < -0.4 is 5.73 Å². The fourth-order valence-electron chi connectivity index (χ4n) is 1.81. The molecule has 0 amide bonds. The summed E-state index contributed by atoms with van der Waals surface area (Å²) in [6.07, 6.45) is 3.55. The zero-order valence-electron chi connectivity index (χ0n) is 11.8. The van der Waals surface area contributed by atoms with Crippen LogP contribution in [0.4, 0.5) is 5.69 Å². The lowest BCUT2D eigenvalue weighted by Gasteiger charge is -2.19. The molecule has 0 saturated heterocycles. The molecule has 0 atom stereocenters. The molecule has 3 nitrogen and oxygen atoms in total. The van der Waals surface area contributed by atoms with Gasteiger partial charge in [0.25, 0.3) is 0 Å². The quantitative estimate of drug-likeness (QED) is 0.868. The van der Waals surface area contributed by atoms with Gasteiger partial charge in [0.05, 0.1) is 18.4 Å². The van der Waals surface area contributed by atoms with Crippen LogP contribution in [0.25, 0.3) is 0 Å². The molecule has 0 spiro atoms. The zero-order valence-corrected chi connectivity index (χ0v) is 12.6. The molecule has 102 valence electrons. The monoisotopic (exact) mass is 275 g/mol. The van der Waals surface area contributed by atoms with Crippen molar-refractivity contribution in [1.82, 2.24) is 9.78 Å². The van der Waals surface area contributed by atoms with Crippen molar-refractivity contribution in [3.8, 4) is 0 Å². The molecule has 1 aromatic carbocycles. The summed E-state index contributed by atoms with van der Waals surface area (Å²) in [4.78, 5) is 1.30. The topological polar surface area (TPSA) is 43.8 Å². The van der Waals surface area contributed by atoms with Crippen molar-refractivity contribution >= 4 is 17.4 Å². The fourth-order valence-corrected chi connectivity index (χ4v) is 2.65. The first-order valence-electron chi connectivity index (χ1n) is 6.46. The number of nitrogens with zero attached hydrogens (tertiary/aromatic N) is 2. The van der Waals surface area contributed by atoms with Crippen molar-refractivity contribution in [3.63, 3.8) is 0 Å². The Hall–Kier alpha value is -1.42. The molecular weight excluding hydrogens is 254 g/mol. The van der Waals surface area contributed by atoms with Gasteiger partial charge in [-0.2, -0.15) is 5.10 Å². The summed E-state index contributed by atoms with van der Waals surface area (Å²) in [5.41, 5.74) is 7.94. The van der Waals surface area contributed by atoms with Gasteiger partial charge in [-0.05, 0) is 23.1 Å². The minimum atomic E-state index is 0.218. The van der Waals surface area contributed by atoms with E-state index < -0.39 is 0 Å². The maximum Gasteiger partial charge on any atom is 0.0719 e. The summed E-state index contributed by atoms with van der Waals surface area (Å²) in [6.45, 7) is 7.58. The molecule has 0 aliphatic carbocycles.